The number of urea groups is 1. The molecule has 0 radical (unpaired) electrons. The van der Waals surface area contributed by atoms with E-state index in [2.05, 4.69) is 15.6 Å². The zero-order chi connectivity index (χ0) is 15.2. The number of benzene rings is 1. The average molecular weight is 326 g/mol. The minimum Gasteiger partial charge on any atom is -0.394 e. The van der Waals surface area contributed by atoms with Crippen LogP contribution in [0.4, 0.5) is 4.79 Å². The molecule has 21 heavy (non-hydrogen) atoms. The minimum atomic E-state index is -0.472. The number of rotatable bonds is 5. The van der Waals surface area contributed by atoms with E-state index < -0.39 is 6.04 Å². The van der Waals surface area contributed by atoms with Crippen molar-refractivity contribution < 1.29 is 9.90 Å². The van der Waals surface area contributed by atoms with Gasteiger partial charge in [0.15, 0.2) is 0 Å². The van der Waals surface area contributed by atoms with Crippen LogP contribution in [0.5, 0.6) is 0 Å². The van der Waals surface area contributed by atoms with Crippen LogP contribution in [0.2, 0.25) is 5.02 Å². The Bertz CT molecular complexity index is 601. The molecule has 1 atom stereocenters. The lowest BCUT2D eigenvalue weighted by Gasteiger charge is -2.17. The number of carbonyl (C=O) groups is 1. The van der Waals surface area contributed by atoms with E-state index in [4.69, 9.17) is 11.6 Å². The third kappa shape index (κ3) is 4.70. The van der Waals surface area contributed by atoms with E-state index in [0.29, 0.717) is 11.6 Å². The Kier molecular flexibility index (Phi) is 5.55. The van der Waals surface area contributed by atoms with Crippen LogP contribution < -0.4 is 10.6 Å². The van der Waals surface area contributed by atoms with E-state index in [1.54, 1.807) is 30.5 Å². The highest BCUT2D eigenvalue weighted by Crippen LogP contribution is 2.16. The molecule has 1 heterocycles. The average Bonchev–Trinajstić information content (AvgIpc) is 2.89. The van der Waals surface area contributed by atoms with Crippen molar-refractivity contribution in [3.05, 3.63) is 50.9 Å². The Morgan fingerprint density at radius 2 is 2.14 bits per heavy atom. The summed E-state index contributed by atoms with van der Waals surface area (Å²) in [5.41, 5.74) is 0.794. The number of halogens is 1. The van der Waals surface area contributed by atoms with Crippen LogP contribution >= 0.6 is 22.9 Å². The number of hydrogen-bond donors (Lipinski definition) is 3. The summed E-state index contributed by atoms with van der Waals surface area (Å²) >= 11 is 7.35. The van der Waals surface area contributed by atoms with Crippen LogP contribution in [0.15, 0.2) is 30.5 Å². The van der Waals surface area contributed by atoms with Crippen molar-refractivity contribution in [1.29, 1.82) is 0 Å². The fourth-order valence-corrected chi connectivity index (χ4v) is 2.63. The number of thiazole rings is 1. The molecule has 1 unspecified atom stereocenters. The van der Waals surface area contributed by atoms with E-state index in [1.807, 2.05) is 6.92 Å². The predicted octanol–water partition coefficient (Wildman–Crippen LogP) is 2.64. The maximum absolute atomic E-state index is 11.9. The number of aryl methyl sites for hydroxylation is 1. The summed E-state index contributed by atoms with van der Waals surface area (Å²) in [5, 5.41) is 16.3. The number of amides is 2. The standard InChI is InChI=1S/C14H16ClN3O2S/c1-9-6-16-13(21-9)7-17-14(20)18-12(8-19)10-2-4-11(15)5-3-10/h2-6,12,19H,7-8H2,1H3,(H2,17,18,20). The molecule has 3 N–H and O–H groups in total. The van der Waals surface area contributed by atoms with Crippen molar-refractivity contribution in [1.82, 2.24) is 15.6 Å². The van der Waals surface area contributed by atoms with Gasteiger partial charge in [0.25, 0.3) is 0 Å². The van der Waals surface area contributed by atoms with Crippen molar-refractivity contribution in [2.24, 2.45) is 0 Å². The number of aromatic nitrogens is 1. The zero-order valence-electron chi connectivity index (χ0n) is 11.5. The Balaban J connectivity index is 1.89. The molecule has 2 aromatic rings. The molecule has 2 amide bonds. The van der Waals surface area contributed by atoms with Gasteiger partial charge in [-0.25, -0.2) is 9.78 Å². The van der Waals surface area contributed by atoms with Crippen molar-refractivity contribution in [3.8, 4) is 0 Å². The van der Waals surface area contributed by atoms with Crippen LogP contribution in [-0.4, -0.2) is 22.7 Å². The number of carbonyl (C=O) groups excluding carboxylic acids is 1. The minimum absolute atomic E-state index is 0.189. The smallest absolute Gasteiger partial charge is 0.315 e. The third-order valence-electron chi connectivity index (χ3n) is 2.83. The molecule has 0 saturated carbocycles. The van der Waals surface area contributed by atoms with Crippen LogP contribution in [0.3, 0.4) is 0 Å². The van der Waals surface area contributed by atoms with Gasteiger partial charge in [0.2, 0.25) is 0 Å². The molecular formula is C14H16ClN3O2S. The Morgan fingerprint density at radius 1 is 1.43 bits per heavy atom. The molecule has 5 nitrogen and oxygen atoms in total. The van der Waals surface area contributed by atoms with Gasteiger partial charge in [-0.15, -0.1) is 11.3 Å². The van der Waals surface area contributed by atoms with Gasteiger partial charge in [-0.05, 0) is 24.6 Å². The highest BCUT2D eigenvalue weighted by atomic mass is 35.5. The highest BCUT2D eigenvalue weighted by molar-refractivity contribution is 7.11. The van der Waals surface area contributed by atoms with E-state index in [1.165, 1.54) is 11.3 Å². The second-order valence-electron chi connectivity index (χ2n) is 4.48. The summed E-state index contributed by atoms with van der Waals surface area (Å²) in [6.45, 7) is 2.14. The summed E-state index contributed by atoms with van der Waals surface area (Å²) < 4.78 is 0. The fourth-order valence-electron chi connectivity index (χ4n) is 1.78. The summed E-state index contributed by atoms with van der Waals surface area (Å²) in [7, 11) is 0. The van der Waals surface area contributed by atoms with Gasteiger partial charge in [-0.2, -0.15) is 0 Å². The maximum Gasteiger partial charge on any atom is 0.315 e. The van der Waals surface area contributed by atoms with Crippen LogP contribution in [0.25, 0.3) is 0 Å². The van der Waals surface area contributed by atoms with Crippen LogP contribution in [0, 0.1) is 6.92 Å². The molecule has 7 heteroatoms. The summed E-state index contributed by atoms with van der Waals surface area (Å²) in [5.74, 6) is 0. The van der Waals surface area contributed by atoms with E-state index >= 15 is 0 Å². The second kappa shape index (κ2) is 7.40. The van der Waals surface area contributed by atoms with Gasteiger partial charge in [-0.3, -0.25) is 0 Å². The lowest BCUT2D eigenvalue weighted by Crippen LogP contribution is -2.38. The van der Waals surface area contributed by atoms with Gasteiger partial charge >= 0.3 is 6.03 Å². The number of hydrogen-bond acceptors (Lipinski definition) is 4. The van der Waals surface area contributed by atoms with E-state index in [-0.39, 0.29) is 12.6 Å². The Morgan fingerprint density at radius 3 is 2.71 bits per heavy atom. The first-order valence-corrected chi connectivity index (χ1v) is 7.60. The molecule has 0 fully saturated rings. The molecule has 2 rings (SSSR count). The molecule has 0 spiro atoms. The zero-order valence-corrected chi connectivity index (χ0v) is 13.0. The quantitative estimate of drug-likeness (QED) is 0.791. The predicted molar refractivity (Wildman–Crippen MR) is 83.5 cm³/mol. The molecule has 0 aliphatic heterocycles. The van der Waals surface area contributed by atoms with Gasteiger partial charge in [0.05, 0.1) is 19.2 Å². The first kappa shape index (κ1) is 15.8. The molecule has 0 aliphatic rings. The van der Waals surface area contributed by atoms with Gasteiger partial charge in [-0.1, -0.05) is 23.7 Å². The van der Waals surface area contributed by atoms with Crippen LogP contribution in [-0.2, 0) is 6.54 Å². The van der Waals surface area contributed by atoms with Gasteiger partial charge in [0.1, 0.15) is 5.01 Å². The fraction of sp³-hybridized carbons (Fsp3) is 0.286. The molecule has 0 bridgehead atoms. The normalized spacial score (nSPS) is 12.0. The first-order chi connectivity index (χ1) is 10.1. The van der Waals surface area contributed by atoms with Gasteiger partial charge in [0, 0.05) is 16.1 Å². The second-order valence-corrected chi connectivity index (χ2v) is 6.23. The number of aliphatic hydroxyl groups is 1. The van der Waals surface area contributed by atoms with Crippen molar-refractivity contribution in [2.45, 2.75) is 19.5 Å². The van der Waals surface area contributed by atoms with Crippen molar-refractivity contribution in [3.63, 3.8) is 0 Å². The van der Waals surface area contributed by atoms with Crippen molar-refractivity contribution >= 4 is 29.0 Å². The molecule has 1 aromatic carbocycles. The first-order valence-electron chi connectivity index (χ1n) is 6.40. The summed E-state index contributed by atoms with van der Waals surface area (Å²) in [6, 6.07) is 6.16. The largest absolute Gasteiger partial charge is 0.394 e. The van der Waals surface area contributed by atoms with E-state index in [0.717, 1.165) is 15.4 Å². The third-order valence-corrected chi connectivity index (χ3v) is 3.99. The summed E-state index contributed by atoms with van der Waals surface area (Å²) in [4.78, 5) is 17.1. The highest BCUT2D eigenvalue weighted by Gasteiger charge is 2.13. The molecule has 112 valence electrons. The summed E-state index contributed by atoms with van der Waals surface area (Å²) in [6.07, 6.45) is 1.77. The number of nitrogens with zero attached hydrogens (tertiary/aromatic N) is 1. The number of nitrogens with one attached hydrogen (secondary N) is 2. The molecular weight excluding hydrogens is 310 g/mol. The maximum atomic E-state index is 11.9. The number of aliphatic hydroxyl groups excluding tert-OH is 1. The lowest BCUT2D eigenvalue weighted by atomic mass is 10.1. The van der Waals surface area contributed by atoms with Crippen molar-refractivity contribution in [2.75, 3.05) is 6.61 Å². The molecule has 0 aliphatic carbocycles. The Hall–Kier alpha value is -1.63. The lowest BCUT2D eigenvalue weighted by molar-refractivity contribution is 0.216. The topological polar surface area (TPSA) is 74.2 Å². The Labute approximate surface area is 132 Å². The van der Waals surface area contributed by atoms with Crippen LogP contribution in [0.1, 0.15) is 21.5 Å². The van der Waals surface area contributed by atoms with E-state index in [9.17, 15) is 9.90 Å². The molecule has 0 saturated heterocycles. The monoisotopic (exact) mass is 325 g/mol. The SMILES string of the molecule is Cc1cnc(CNC(=O)NC(CO)c2ccc(Cl)cc2)s1. The molecule has 1 aromatic heterocycles. The van der Waals surface area contributed by atoms with Gasteiger partial charge < -0.3 is 15.7 Å².